The van der Waals surface area contributed by atoms with Gasteiger partial charge in [-0.25, -0.2) is 0 Å². The van der Waals surface area contributed by atoms with Gasteiger partial charge in [-0.2, -0.15) is 0 Å². The zero-order valence-electron chi connectivity index (χ0n) is 12.4. The Morgan fingerprint density at radius 3 is 2.50 bits per heavy atom. The molecule has 0 amide bonds. The number of nitrogens with zero attached hydrogens (tertiary/aromatic N) is 1. The SMILES string of the molecule is CC1C[C@H]2C[C@H](O)[C@@]3(O)CCCN4CCCC23[C@@]4(O)C1. The Kier molecular flexibility index (Phi) is 2.68. The molecule has 4 nitrogen and oxygen atoms in total. The molecule has 0 aromatic heterocycles. The molecule has 0 aromatic rings. The lowest BCUT2D eigenvalue weighted by Gasteiger charge is -2.63. The van der Waals surface area contributed by atoms with E-state index in [2.05, 4.69) is 11.8 Å². The number of piperidine rings is 1. The minimum atomic E-state index is -1.08. The summed E-state index contributed by atoms with van der Waals surface area (Å²) in [4.78, 5) is 2.23. The molecule has 0 aromatic carbocycles. The van der Waals surface area contributed by atoms with Gasteiger partial charge in [-0.15, -0.1) is 0 Å². The summed E-state index contributed by atoms with van der Waals surface area (Å²) in [7, 11) is 0. The molecule has 20 heavy (non-hydrogen) atoms. The predicted molar refractivity (Wildman–Crippen MR) is 74.9 cm³/mol. The molecular weight excluding hydrogens is 254 g/mol. The Balaban J connectivity index is 1.93. The zero-order valence-corrected chi connectivity index (χ0v) is 12.4. The Morgan fingerprint density at radius 1 is 1.05 bits per heavy atom. The number of hydrogen-bond donors (Lipinski definition) is 3. The molecule has 1 spiro atoms. The number of rotatable bonds is 0. The van der Waals surface area contributed by atoms with Gasteiger partial charge in [-0.3, -0.25) is 4.90 Å². The second kappa shape index (κ2) is 3.97. The fraction of sp³-hybridized carbons (Fsp3) is 1.00. The van der Waals surface area contributed by atoms with Gasteiger partial charge in [-0.05, 0) is 56.8 Å². The van der Waals surface area contributed by atoms with Gasteiger partial charge in [-0.1, -0.05) is 6.92 Å². The third-order valence-corrected chi connectivity index (χ3v) is 7.07. The van der Waals surface area contributed by atoms with Crippen molar-refractivity contribution in [3.8, 4) is 0 Å². The van der Waals surface area contributed by atoms with Gasteiger partial charge in [0, 0.05) is 18.5 Å². The van der Waals surface area contributed by atoms with Crippen molar-refractivity contribution >= 4 is 0 Å². The van der Waals surface area contributed by atoms with Crippen molar-refractivity contribution in [2.24, 2.45) is 17.3 Å². The van der Waals surface area contributed by atoms with Gasteiger partial charge >= 0.3 is 0 Å². The van der Waals surface area contributed by atoms with E-state index in [1.165, 1.54) is 0 Å². The maximum absolute atomic E-state index is 11.6. The number of aliphatic hydroxyl groups is 3. The van der Waals surface area contributed by atoms with Crippen molar-refractivity contribution in [1.29, 1.82) is 0 Å². The van der Waals surface area contributed by atoms with E-state index < -0.39 is 22.8 Å². The first-order valence-corrected chi connectivity index (χ1v) is 8.32. The van der Waals surface area contributed by atoms with Crippen LogP contribution in [0.2, 0.25) is 0 Å². The summed E-state index contributed by atoms with van der Waals surface area (Å²) in [5.74, 6) is 0.725. The highest BCUT2D eigenvalue weighted by atomic mass is 16.4. The van der Waals surface area contributed by atoms with Gasteiger partial charge in [0.05, 0.1) is 6.10 Å². The topological polar surface area (TPSA) is 63.9 Å². The molecule has 2 bridgehead atoms. The molecule has 0 radical (unpaired) electrons. The van der Waals surface area contributed by atoms with Crippen LogP contribution in [0.15, 0.2) is 0 Å². The van der Waals surface area contributed by atoms with Crippen molar-refractivity contribution < 1.29 is 15.3 Å². The number of hydrogen-bond acceptors (Lipinski definition) is 4. The van der Waals surface area contributed by atoms with Crippen LogP contribution in [0.25, 0.3) is 0 Å². The van der Waals surface area contributed by atoms with E-state index >= 15 is 0 Å². The van der Waals surface area contributed by atoms with Gasteiger partial charge in [0.15, 0.2) is 0 Å². The molecule has 2 saturated heterocycles. The Morgan fingerprint density at radius 2 is 1.75 bits per heavy atom. The summed E-state index contributed by atoms with van der Waals surface area (Å²) in [6.07, 6.45) is 5.19. The van der Waals surface area contributed by atoms with Crippen LogP contribution in [-0.2, 0) is 0 Å². The predicted octanol–water partition coefficient (Wildman–Crippen LogP) is 1.09. The second-order valence-electron chi connectivity index (χ2n) is 7.90. The standard InChI is InChI=1S/C16H27NO3/c1-11-8-12-9-13(18)15(19)5-3-7-17-6-2-4-14(12,15)16(17,20)10-11/h11-13,18-20H,2-10H2,1H3/t11?,12-,13-,14?,15-,16-/m0/s1. The van der Waals surface area contributed by atoms with Crippen LogP contribution in [0.3, 0.4) is 0 Å². The van der Waals surface area contributed by atoms with E-state index in [1.54, 1.807) is 0 Å². The summed E-state index contributed by atoms with van der Waals surface area (Å²) in [6, 6.07) is 0. The molecule has 4 aliphatic rings. The average molecular weight is 281 g/mol. The molecule has 4 heteroatoms. The fourth-order valence-electron chi connectivity index (χ4n) is 6.52. The second-order valence-corrected chi connectivity index (χ2v) is 7.90. The lowest BCUT2D eigenvalue weighted by Crippen LogP contribution is -2.73. The van der Waals surface area contributed by atoms with Crippen LogP contribution < -0.4 is 0 Å². The Hall–Kier alpha value is -0.160. The minimum Gasteiger partial charge on any atom is -0.390 e. The zero-order chi connectivity index (χ0) is 14.2. The van der Waals surface area contributed by atoms with Crippen LogP contribution in [0.5, 0.6) is 0 Å². The van der Waals surface area contributed by atoms with E-state index in [9.17, 15) is 15.3 Å². The summed E-state index contributed by atoms with van der Waals surface area (Å²) in [5, 5.41) is 33.6. The maximum Gasteiger partial charge on any atom is 0.127 e. The molecule has 4 fully saturated rings. The molecule has 3 unspecified atom stereocenters. The van der Waals surface area contributed by atoms with Gasteiger partial charge in [0.2, 0.25) is 0 Å². The first-order chi connectivity index (χ1) is 9.44. The van der Waals surface area contributed by atoms with Crippen molar-refractivity contribution in [3.05, 3.63) is 0 Å². The first-order valence-electron chi connectivity index (χ1n) is 8.32. The summed E-state index contributed by atoms with van der Waals surface area (Å²) in [5.41, 5.74) is -2.49. The van der Waals surface area contributed by atoms with E-state index in [0.717, 1.165) is 45.2 Å². The molecule has 2 aliphatic carbocycles. The van der Waals surface area contributed by atoms with Gasteiger partial charge in [0.25, 0.3) is 0 Å². The van der Waals surface area contributed by atoms with Gasteiger partial charge in [0.1, 0.15) is 11.3 Å². The van der Waals surface area contributed by atoms with E-state index in [-0.39, 0.29) is 5.92 Å². The normalized spacial score (nSPS) is 61.8. The monoisotopic (exact) mass is 281 g/mol. The number of aliphatic hydroxyl groups excluding tert-OH is 1. The van der Waals surface area contributed by atoms with Crippen molar-refractivity contribution in [1.82, 2.24) is 4.90 Å². The van der Waals surface area contributed by atoms with Crippen LogP contribution in [0.1, 0.15) is 51.9 Å². The third kappa shape index (κ3) is 1.28. The van der Waals surface area contributed by atoms with Crippen LogP contribution in [0.4, 0.5) is 0 Å². The summed E-state index contributed by atoms with van der Waals surface area (Å²) >= 11 is 0. The van der Waals surface area contributed by atoms with Crippen molar-refractivity contribution in [3.63, 3.8) is 0 Å². The van der Waals surface area contributed by atoms with E-state index in [4.69, 9.17) is 0 Å². The highest BCUT2D eigenvalue weighted by Crippen LogP contribution is 2.69. The molecule has 3 N–H and O–H groups in total. The Bertz CT molecular complexity index is 430. The molecule has 2 aliphatic heterocycles. The molecule has 4 rings (SSSR count). The Labute approximate surface area is 120 Å². The lowest BCUT2D eigenvalue weighted by atomic mass is 9.51. The van der Waals surface area contributed by atoms with Crippen LogP contribution >= 0.6 is 0 Å². The average Bonchev–Trinajstić information content (AvgIpc) is 2.56. The molecule has 7 atom stereocenters. The van der Waals surface area contributed by atoms with E-state index in [0.29, 0.717) is 18.8 Å². The largest absolute Gasteiger partial charge is 0.390 e. The smallest absolute Gasteiger partial charge is 0.127 e. The van der Waals surface area contributed by atoms with Crippen molar-refractivity contribution in [2.75, 3.05) is 13.1 Å². The summed E-state index contributed by atoms with van der Waals surface area (Å²) in [6.45, 7) is 3.99. The van der Waals surface area contributed by atoms with Crippen LogP contribution in [0, 0.1) is 17.3 Å². The summed E-state index contributed by atoms with van der Waals surface area (Å²) < 4.78 is 0. The van der Waals surface area contributed by atoms with Crippen molar-refractivity contribution in [2.45, 2.75) is 69.3 Å². The minimum absolute atomic E-state index is 0.261. The highest BCUT2D eigenvalue weighted by molar-refractivity contribution is 5.24. The quantitative estimate of drug-likeness (QED) is 0.622. The van der Waals surface area contributed by atoms with E-state index in [1.807, 2.05) is 0 Å². The molecule has 2 heterocycles. The van der Waals surface area contributed by atoms with Crippen LogP contribution in [-0.4, -0.2) is 50.7 Å². The first kappa shape index (κ1) is 13.5. The lowest BCUT2D eigenvalue weighted by molar-refractivity contribution is -0.303. The highest BCUT2D eigenvalue weighted by Gasteiger charge is 2.76. The fourth-order valence-corrected chi connectivity index (χ4v) is 6.52. The van der Waals surface area contributed by atoms with Gasteiger partial charge < -0.3 is 15.3 Å². The molecule has 114 valence electrons. The third-order valence-electron chi connectivity index (χ3n) is 7.07. The molecule has 2 saturated carbocycles. The molecular formula is C16H27NO3. The maximum atomic E-state index is 11.6.